The first-order valence-corrected chi connectivity index (χ1v) is 9.97. The fourth-order valence-electron chi connectivity index (χ4n) is 2.90. The third-order valence-corrected chi connectivity index (χ3v) is 5.70. The molecular formula is C20H20ClF3KN5OS-2. The molecule has 0 radical (unpaired) electrons. The number of benzene rings is 1. The molecule has 2 aromatic rings. The van der Waals surface area contributed by atoms with E-state index in [1.165, 1.54) is 22.3 Å². The van der Waals surface area contributed by atoms with E-state index in [-0.39, 0.29) is 76.4 Å². The molecule has 168 valence electrons. The zero-order chi connectivity index (χ0) is 21.8. The molecule has 12 heteroatoms. The Morgan fingerprint density at radius 1 is 1.53 bits per heavy atom. The van der Waals surface area contributed by atoms with Crippen molar-refractivity contribution in [2.75, 3.05) is 13.1 Å². The van der Waals surface area contributed by atoms with Crippen molar-refractivity contribution in [2.45, 2.75) is 18.9 Å². The molecule has 1 aromatic heterocycles. The van der Waals surface area contributed by atoms with Gasteiger partial charge in [0.05, 0.1) is 15.3 Å². The molecule has 32 heavy (non-hydrogen) atoms. The van der Waals surface area contributed by atoms with E-state index in [2.05, 4.69) is 28.4 Å². The van der Waals surface area contributed by atoms with Gasteiger partial charge >= 0.3 is 51.4 Å². The maximum absolute atomic E-state index is 14.1. The Hall–Kier alpha value is -0.954. The molecule has 2 heterocycles. The van der Waals surface area contributed by atoms with Gasteiger partial charge in [0.15, 0.2) is 0 Å². The second-order valence-electron chi connectivity index (χ2n) is 6.19. The summed E-state index contributed by atoms with van der Waals surface area (Å²) in [5.74, 6) is -1.10. The number of thiazole rings is 1. The molecule has 0 fully saturated rings. The number of carbonyl (C=O) groups is 1. The van der Waals surface area contributed by atoms with Crippen LogP contribution in [0.25, 0.3) is 10.2 Å². The van der Waals surface area contributed by atoms with Crippen LogP contribution in [0.5, 0.6) is 0 Å². The van der Waals surface area contributed by atoms with Crippen LogP contribution in [-0.4, -0.2) is 40.5 Å². The first kappa shape index (κ1) is 29.1. The van der Waals surface area contributed by atoms with Gasteiger partial charge in [0.25, 0.3) is 12.3 Å². The summed E-state index contributed by atoms with van der Waals surface area (Å²) >= 11 is 7.16. The molecular weight excluding hydrogens is 490 g/mol. The first-order valence-electron chi connectivity index (χ1n) is 8.77. The number of alkyl halides is 2. The Labute approximate surface area is 236 Å². The second-order valence-corrected chi connectivity index (χ2v) is 7.61. The van der Waals surface area contributed by atoms with Crippen molar-refractivity contribution in [3.8, 4) is 0 Å². The zero-order valence-electron chi connectivity index (χ0n) is 17.5. The van der Waals surface area contributed by atoms with Crippen molar-refractivity contribution in [1.82, 2.24) is 15.2 Å². The normalized spacial score (nSPS) is 17.0. The number of aliphatic imine (C=N–C) groups is 1. The number of nitrogens with zero attached hydrogens (tertiary/aromatic N) is 3. The molecule has 0 unspecified atom stereocenters. The van der Waals surface area contributed by atoms with E-state index >= 15 is 0 Å². The van der Waals surface area contributed by atoms with Crippen LogP contribution in [0.15, 0.2) is 40.7 Å². The number of rotatable bonds is 6. The van der Waals surface area contributed by atoms with Gasteiger partial charge in [-0.3, -0.25) is 16.8 Å². The van der Waals surface area contributed by atoms with Crippen molar-refractivity contribution in [1.29, 1.82) is 0 Å². The molecule has 0 spiro atoms. The number of fused-ring (bicyclic) bond motifs is 1. The van der Waals surface area contributed by atoms with E-state index in [0.717, 1.165) is 6.20 Å². The molecule has 0 saturated carbocycles. The molecule has 1 aliphatic heterocycles. The van der Waals surface area contributed by atoms with Crippen molar-refractivity contribution >= 4 is 44.2 Å². The number of halogens is 4. The number of hydrogen-bond acceptors (Lipinski definition) is 6. The molecule has 1 aliphatic rings. The van der Waals surface area contributed by atoms with E-state index in [4.69, 9.17) is 17.3 Å². The number of nitrogens with one attached hydrogen (secondary N) is 1. The summed E-state index contributed by atoms with van der Waals surface area (Å²) in [5.41, 5.74) is 6.15. The number of amides is 1. The molecule has 0 saturated heterocycles. The zero-order valence-corrected chi connectivity index (χ0v) is 22.2. The Bertz CT molecular complexity index is 1040. The molecule has 1 aromatic carbocycles. The van der Waals surface area contributed by atoms with E-state index in [0.29, 0.717) is 21.8 Å². The number of aromatic nitrogens is 1. The summed E-state index contributed by atoms with van der Waals surface area (Å²) < 4.78 is 39.6. The largest absolute Gasteiger partial charge is 1.00 e. The van der Waals surface area contributed by atoms with Crippen molar-refractivity contribution in [2.24, 2.45) is 10.7 Å². The van der Waals surface area contributed by atoms with Gasteiger partial charge in [-0.2, -0.15) is 0 Å². The van der Waals surface area contributed by atoms with Gasteiger partial charge in [0, 0.05) is 12.7 Å². The molecule has 0 bridgehead atoms. The minimum Gasteiger partial charge on any atom is -0.570 e. The van der Waals surface area contributed by atoms with Gasteiger partial charge in [-0.05, 0) is 24.6 Å². The number of para-hydroxylation sites is 1. The average molecular weight is 510 g/mol. The van der Waals surface area contributed by atoms with E-state index in [9.17, 15) is 18.0 Å². The molecule has 3 rings (SSSR count). The molecule has 3 N–H and O–H groups in total. The summed E-state index contributed by atoms with van der Waals surface area (Å²) in [4.78, 5) is 22.4. The van der Waals surface area contributed by atoms with Crippen LogP contribution < -0.4 is 62.4 Å². The van der Waals surface area contributed by atoms with Crippen molar-refractivity contribution < 1.29 is 69.4 Å². The quantitative estimate of drug-likeness (QED) is 0.263. The Balaban J connectivity index is 0.00000256. The molecule has 0 aliphatic carbocycles. The maximum atomic E-state index is 14.1. The summed E-state index contributed by atoms with van der Waals surface area (Å²) in [6.45, 7) is -0.630. The van der Waals surface area contributed by atoms with Gasteiger partial charge < -0.3 is 29.5 Å². The second kappa shape index (κ2) is 13.1. The summed E-state index contributed by atoms with van der Waals surface area (Å²) in [6.07, 6.45) is 1.72. The number of hydrogen-bond donors (Lipinski definition) is 2. The number of carbonyl (C=O) groups excluding carboxylic acids is 1. The van der Waals surface area contributed by atoms with Crippen molar-refractivity contribution in [3.63, 3.8) is 0 Å². The Morgan fingerprint density at radius 2 is 2.25 bits per heavy atom. The molecule has 1 atom stereocenters. The van der Waals surface area contributed by atoms with Crippen LogP contribution in [0.4, 0.5) is 13.2 Å². The minimum absolute atomic E-state index is 0. The third kappa shape index (κ3) is 6.55. The molecule has 6 nitrogen and oxygen atoms in total. The van der Waals surface area contributed by atoms with Gasteiger partial charge in [0.1, 0.15) is 23.0 Å². The summed E-state index contributed by atoms with van der Waals surface area (Å²) in [7, 11) is 3.61. The predicted molar refractivity (Wildman–Crippen MR) is 117 cm³/mol. The van der Waals surface area contributed by atoms with E-state index < -0.39 is 35.9 Å². The summed E-state index contributed by atoms with van der Waals surface area (Å²) in [6, 6.07) is 3.81. The van der Waals surface area contributed by atoms with Gasteiger partial charge in [-0.15, -0.1) is 11.3 Å². The van der Waals surface area contributed by atoms with Crippen molar-refractivity contribution in [3.05, 3.63) is 67.0 Å². The van der Waals surface area contributed by atoms with Gasteiger partial charge in [-0.1, -0.05) is 17.7 Å². The van der Waals surface area contributed by atoms with Crippen LogP contribution in [0.2, 0.25) is 0 Å². The number of nitrogens with two attached hydrogens (primary N) is 1. The first-order chi connectivity index (χ1) is 14.3. The SMILES string of the molecule is [CH2-]NC1=[C-][C@@H](c2nc3c(F)cccc3s2)N(C(=O)/C(=C/N)C(Cl)=NCC(F)F)CC1.[CH3-].[K+]. The monoisotopic (exact) mass is 509 g/mol. The van der Waals surface area contributed by atoms with Gasteiger partial charge in [-0.25, -0.2) is 23.9 Å². The van der Waals surface area contributed by atoms with E-state index in [1.54, 1.807) is 12.1 Å². The minimum atomic E-state index is -2.71. The van der Waals surface area contributed by atoms with Crippen LogP contribution in [-0.2, 0) is 4.79 Å². The van der Waals surface area contributed by atoms with Crippen LogP contribution in [0.3, 0.4) is 0 Å². The fraction of sp³-hybridized carbons (Fsp3) is 0.250. The average Bonchev–Trinajstić information content (AvgIpc) is 3.18. The van der Waals surface area contributed by atoms with Crippen LogP contribution in [0.1, 0.15) is 17.5 Å². The van der Waals surface area contributed by atoms with Gasteiger partial charge in [0.2, 0.25) is 0 Å². The Morgan fingerprint density at radius 3 is 2.84 bits per heavy atom. The smallest absolute Gasteiger partial charge is 0.570 e. The predicted octanol–water partition coefficient (Wildman–Crippen LogP) is 0.976. The topological polar surface area (TPSA) is 83.6 Å². The Kier molecular flexibility index (Phi) is 11.9. The van der Waals surface area contributed by atoms with Crippen LogP contribution >= 0.6 is 22.9 Å². The standard InChI is InChI=1S/C19H17ClF3N5OS.CH3.K/c1-25-10-5-6-28(19(29)11(8-24)17(20)26-9-15(22)23)13(7-10)18-27-16-12(21)3-2-4-14(16)30-18;;/h2-4,8,13,15,25H,1,5-6,9,24H2;1H3;/q-2;-1;+1/b11-8+,26-17?;;/t13-;;/m0../s1. The van der Waals surface area contributed by atoms with Crippen LogP contribution in [0, 0.1) is 26.4 Å². The summed E-state index contributed by atoms with van der Waals surface area (Å²) in [5, 5.41) is 2.76. The maximum Gasteiger partial charge on any atom is 1.00 e. The van der Waals surface area contributed by atoms with E-state index in [1.807, 2.05) is 0 Å². The third-order valence-electron chi connectivity index (χ3n) is 4.31. The fourth-order valence-corrected chi connectivity index (χ4v) is 4.16. The molecule has 1 amide bonds.